The number of aliphatic hydroxyl groups is 1. The van der Waals surface area contributed by atoms with Crippen LogP contribution in [0, 0.1) is 17.8 Å². The number of methoxy groups -OCH3 is 1. The topological polar surface area (TPSA) is 29.5 Å². The van der Waals surface area contributed by atoms with E-state index in [1.807, 2.05) is 18.2 Å². The summed E-state index contributed by atoms with van der Waals surface area (Å²) in [5.74, 6) is 2.19. The molecule has 3 atom stereocenters. The van der Waals surface area contributed by atoms with Crippen molar-refractivity contribution in [1.29, 1.82) is 0 Å². The van der Waals surface area contributed by atoms with Crippen LogP contribution in [0.1, 0.15) is 45.6 Å². The third-order valence-corrected chi connectivity index (χ3v) is 5.14. The van der Waals surface area contributed by atoms with E-state index in [1.165, 1.54) is 6.42 Å². The first-order chi connectivity index (χ1) is 9.85. The highest BCUT2D eigenvalue weighted by molar-refractivity contribution is 6.30. The highest BCUT2D eigenvalue weighted by Crippen LogP contribution is 2.44. The molecule has 1 aromatic carbocycles. The third kappa shape index (κ3) is 3.73. The lowest BCUT2D eigenvalue weighted by Crippen LogP contribution is -2.47. The quantitative estimate of drug-likeness (QED) is 0.872. The van der Waals surface area contributed by atoms with Crippen LogP contribution in [0.15, 0.2) is 18.2 Å². The molecule has 0 amide bonds. The van der Waals surface area contributed by atoms with Crippen molar-refractivity contribution in [2.45, 2.75) is 52.1 Å². The van der Waals surface area contributed by atoms with Crippen molar-refractivity contribution in [2.75, 3.05) is 7.11 Å². The molecule has 3 heteroatoms. The SMILES string of the molecule is COc1ccc(Cl)cc1CC1(O)CC(C)CCC1C(C)C. The van der Waals surface area contributed by atoms with Crippen molar-refractivity contribution in [3.05, 3.63) is 28.8 Å². The van der Waals surface area contributed by atoms with Crippen LogP contribution in [0.2, 0.25) is 5.02 Å². The van der Waals surface area contributed by atoms with Crippen LogP contribution in [0.25, 0.3) is 0 Å². The summed E-state index contributed by atoms with van der Waals surface area (Å²) in [6.07, 6.45) is 3.77. The molecule has 0 saturated heterocycles. The fourth-order valence-corrected chi connectivity index (χ4v) is 4.16. The van der Waals surface area contributed by atoms with E-state index in [9.17, 15) is 5.11 Å². The van der Waals surface area contributed by atoms with Gasteiger partial charge in [0, 0.05) is 11.4 Å². The summed E-state index contributed by atoms with van der Waals surface area (Å²) in [4.78, 5) is 0. The summed E-state index contributed by atoms with van der Waals surface area (Å²) < 4.78 is 5.44. The van der Waals surface area contributed by atoms with Crippen molar-refractivity contribution in [1.82, 2.24) is 0 Å². The second-order valence-electron chi connectivity index (χ2n) is 6.97. The van der Waals surface area contributed by atoms with Gasteiger partial charge in [0.1, 0.15) is 5.75 Å². The van der Waals surface area contributed by atoms with E-state index in [4.69, 9.17) is 16.3 Å². The first-order valence-electron chi connectivity index (χ1n) is 7.90. The van der Waals surface area contributed by atoms with E-state index >= 15 is 0 Å². The molecule has 1 saturated carbocycles. The van der Waals surface area contributed by atoms with Gasteiger partial charge in [0.25, 0.3) is 0 Å². The van der Waals surface area contributed by atoms with E-state index in [0.29, 0.717) is 29.2 Å². The number of hydrogen-bond donors (Lipinski definition) is 1. The Labute approximate surface area is 133 Å². The van der Waals surface area contributed by atoms with Crippen molar-refractivity contribution in [2.24, 2.45) is 17.8 Å². The minimum atomic E-state index is -0.663. The fourth-order valence-electron chi connectivity index (χ4n) is 3.96. The van der Waals surface area contributed by atoms with E-state index in [1.54, 1.807) is 7.11 Å². The van der Waals surface area contributed by atoms with Crippen LogP contribution in [0.4, 0.5) is 0 Å². The highest BCUT2D eigenvalue weighted by atomic mass is 35.5. The minimum absolute atomic E-state index is 0.331. The summed E-state index contributed by atoms with van der Waals surface area (Å²) >= 11 is 6.13. The Morgan fingerprint density at radius 3 is 2.71 bits per heavy atom. The highest BCUT2D eigenvalue weighted by Gasteiger charge is 2.43. The molecular weight excluding hydrogens is 284 g/mol. The van der Waals surface area contributed by atoms with Crippen LogP contribution in [-0.4, -0.2) is 17.8 Å². The lowest BCUT2D eigenvalue weighted by molar-refractivity contribution is -0.0797. The molecule has 0 heterocycles. The molecule has 0 radical (unpaired) electrons. The number of halogens is 1. The van der Waals surface area contributed by atoms with Crippen LogP contribution in [0.5, 0.6) is 5.75 Å². The van der Waals surface area contributed by atoms with E-state index in [-0.39, 0.29) is 0 Å². The molecule has 0 spiro atoms. The largest absolute Gasteiger partial charge is 0.496 e. The molecule has 3 unspecified atom stereocenters. The Morgan fingerprint density at radius 2 is 2.10 bits per heavy atom. The number of ether oxygens (including phenoxy) is 1. The third-order valence-electron chi connectivity index (χ3n) is 4.91. The molecule has 2 rings (SSSR count). The number of rotatable bonds is 4. The summed E-state index contributed by atoms with van der Waals surface area (Å²) in [7, 11) is 1.67. The van der Waals surface area contributed by atoms with Gasteiger partial charge in [-0.2, -0.15) is 0 Å². The van der Waals surface area contributed by atoms with E-state index in [0.717, 1.165) is 24.2 Å². The van der Waals surface area contributed by atoms with Crippen LogP contribution < -0.4 is 4.74 Å². The Kier molecular flexibility index (Phi) is 5.21. The van der Waals surface area contributed by atoms with Crippen LogP contribution >= 0.6 is 11.6 Å². The maximum absolute atomic E-state index is 11.3. The lowest BCUT2D eigenvalue weighted by Gasteiger charge is -2.45. The van der Waals surface area contributed by atoms with Crippen LogP contribution in [0.3, 0.4) is 0 Å². The van der Waals surface area contributed by atoms with E-state index in [2.05, 4.69) is 20.8 Å². The molecule has 0 bridgehead atoms. The maximum Gasteiger partial charge on any atom is 0.122 e. The normalized spacial score (nSPS) is 29.7. The van der Waals surface area contributed by atoms with Gasteiger partial charge in [0.15, 0.2) is 0 Å². The van der Waals surface area contributed by atoms with Gasteiger partial charge in [-0.05, 0) is 54.4 Å². The van der Waals surface area contributed by atoms with Gasteiger partial charge in [-0.25, -0.2) is 0 Å². The molecule has 1 N–H and O–H groups in total. The van der Waals surface area contributed by atoms with Crippen molar-refractivity contribution >= 4 is 11.6 Å². The second kappa shape index (κ2) is 6.58. The average Bonchev–Trinajstić information content (AvgIpc) is 2.37. The van der Waals surface area contributed by atoms with Gasteiger partial charge in [-0.3, -0.25) is 0 Å². The Morgan fingerprint density at radius 1 is 1.38 bits per heavy atom. The zero-order valence-electron chi connectivity index (χ0n) is 13.5. The molecular formula is C18H27ClO2. The standard InChI is InChI=1S/C18H27ClO2/c1-12(2)16-7-5-13(3)10-18(16,20)11-14-9-15(19)6-8-17(14)21-4/h6,8-9,12-13,16,20H,5,7,10-11H2,1-4H3. The maximum atomic E-state index is 11.3. The zero-order chi connectivity index (χ0) is 15.6. The molecule has 0 aliphatic heterocycles. The molecule has 0 aromatic heterocycles. The lowest BCUT2D eigenvalue weighted by atomic mass is 9.65. The summed E-state index contributed by atoms with van der Waals surface area (Å²) in [6, 6.07) is 5.64. The summed E-state index contributed by atoms with van der Waals surface area (Å²) in [6.45, 7) is 6.65. The fraction of sp³-hybridized carbons (Fsp3) is 0.667. The number of hydrogen-bond acceptors (Lipinski definition) is 2. The Balaban J connectivity index is 2.31. The predicted molar refractivity (Wildman–Crippen MR) is 88.0 cm³/mol. The van der Waals surface area contributed by atoms with Gasteiger partial charge in [0.05, 0.1) is 12.7 Å². The zero-order valence-corrected chi connectivity index (χ0v) is 14.3. The second-order valence-corrected chi connectivity index (χ2v) is 7.41. The van der Waals surface area contributed by atoms with Crippen molar-refractivity contribution < 1.29 is 9.84 Å². The Bertz CT molecular complexity index is 486. The molecule has 1 aromatic rings. The molecule has 1 fully saturated rings. The van der Waals surface area contributed by atoms with Gasteiger partial charge in [-0.1, -0.05) is 38.8 Å². The van der Waals surface area contributed by atoms with Gasteiger partial charge in [-0.15, -0.1) is 0 Å². The summed E-state index contributed by atoms with van der Waals surface area (Å²) in [5.41, 5.74) is 0.344. The van der Waals surface area contributed by atoms with Crippen LogP contribution in [-0.2, 0) is 6.42 Å². The molecule has 2 nitrogen and oxygen atoms in total. The first kappa shape index (κ1) is 16.6. The first-order valence-corrected chi connectivity index (χ1v) is 8.28. The smallest absolute Gasteiger partial charge is 0.122 e. The minimum Gasteiger partial charge on any atom is -0.496 e. The van der Waals surface area contributed by atoms with E-state index < -0.39 is 5.60 Å². The summed E-state index contributed by atoms with van der Waals surface area (Å²) in [5, 5.41) is 12.0. The molecule has 21 heavy (non-hydrogen) atoms. The van der Waals surface area contributed by atoms with Crippen molar-refractivity contribution in [3.8, 4) is 5.75 Å². The Hall–Kier alpha value is -0.730. The molecule has 1 aliphatic rings. The van der Waals surface area contributed by atoms with Gasteiger partial charge < -0.3 is 9.84 Å². The monoisotopic (exact) mass is 310 g/mol. The average molecular weight is 311 g/mol. The number of benzene rings is 1. The van der Waals surface area contributed by atoms with Crippen molar-refractivity contribution in [3.63, 3.8) is 0 Å². The molecule has 118 valence electrons. The predicted octanol–water partition coefficient (Wildman–Crippen LogP) is 4.71. The van der Waals surface area contributed by atoms with Gasteiger partial charge in [0.2, 0.25) is 0 Å². The van der Waals surface area contributed by atoms with Gasteiger partial charge >= 0.3 is 0 Å². The molecule has 1 aliphatic carbocycles.